The highest BCUT2D eigenvalue weighted by Crippen LogP contribution is 2.31. The monoisotopic (exact) mass is 490 g/mol. The van der Waals surface area contributed by atoms with Crippen molar-refractivity contribution in [2.45, 2.75) is 50.1 Å². The Morgan fingerprint density at radius 2 is 1.86 bits per heavy atom. The SMILES string of the molecule is CCC(C)c1ccccc1NC(=O)C(C)Sc1nnc(-c2ccc(OC)cc2)n1Cc1ccco1. The second kappa shape index (κ2) is 11.3. The maximum atomic E-state index is 13.1. The average molecular weight is 491 g/mol. The van der Waals surface area contributed by atoms with Gasteiger partial charge in [-0.3, -0.25) is 9.36 Å². The van der Waals surface area contributed by atoms with E-state index in [1.165, 1.54) is 11.8 Å². The van der Waals surface area contributed by atoms with Crippen LogP contribution in [0.25, 0.3) is 11.4 Å². The predicted octanol–water partition coefficient (Wildman–Crippen LogP) is 6.23. The number of furan rings is 1. The fourth-order valence-electron chi connectivity index (χ4n) is 3.74. The second-order valence-corrected chi connectivity index (χ2v) is 9.65. The van der Waals surface area contributed by atoms with E-state index in [-0.39, 0.29) is 11.2 Å². The molecule has 2 heterocycles. The molecule has 0 aliphatic heterocycles. The fourth-order valence-corrected chi connectivity index (χ4v) is 4.59. The molecule has 7 nitrogen and oxygen atoms in total. The second-order valence-electron chi connectivity index (χ2n) is 8.35. The third-order valence-corrected chi connectivity index (χ3v) is 7.05. The summed E-state index contributed by atoms with van der Waals surface area (Å²) in [6.07, 6.45) is 2.64. The largest absolute Gasteiger partial charge is 0.497 e. The molecule has 182 valence electrons. The Labute approximate surface area is 209 Å². The Balaban J connectivity index is 1.57. The van der Waals surface area contributed by atoms with Gasteiger partial charge in [0.05, 0.1) is 25.2 Å². The van der Waals surface area contributed by atoms with Crippen LogP contribution in [0, 0.1) is 0 Å². The van der Waals surface area contributed by atoms with Crippen molar-refractivity contribution in [2.75, 3.05) is 12.4 Å². The van der Waals surface area contributed by atoms with E-state index in [0.717, 1.165) is 34.7 Å². The molecule has 0 radical (unpaired) electrons. The molecular weight excluding hydrogens is 460 g/mol. The number of hydrogen-bond acceptors (Lipinski definition) is 6. The van der Waals surface area contributed by atoms with Crippen LogP contribution in [0.15, 0.2) is 76.5 Å². The highest BCUT2D eigenvalue weighted by Gasteiger charge is 2.22. The number of ether oxygens (including phenoxy) is 1. The topological polar surface area (TPSA) is 82.2 Å². The molecule has 0 aliphatic rings. The van der Waals surface area contributed by atoms with Gasteiger partial charge in [-0.1, -0.05) is 43.8 Å². The van der Waals surface area contributed by atoms with E-state index in [9.17, 15) is 4.79 Å². The Morgan fingerprint density at radius 1 is 1.09 bits per heavy atom. The highest BCUT2D eigenvalue weighted by atomic mass is 32.2. The summed E-state index contributed by atoms with van der Waals surface area (Å²) in [5.41, 5.74) is 2.90. The standard InChI is InChI=1S/C27H30N4O3S/c1-5-18(2)23-10-6-7-11-24(23)28-26(32)19(3)35-27-30-29-25(20-12-14-21(33-4)15-13-20)31(27)17-22-9-8-16-34-22/h6-16,18-19H,5,17H2,1-4H3,(H,28,32). The zero-order valence-electron chi connectivity index (χ0n) is 20.4. The number of nitrogens with one attached hydrogen (secondary N) is 1. The molecule has 2 atom stereocenters. The Bertz CT molecular complexity index is 1250. The van der Waals surface area contributed by atoms with Gasteiger partial charge in [0, 0.05) is 11.3 Å². The molecule has 8 heteroatoms. The minimum Gasteiger partial charge on any atom is -0.497 e. The third kappa shape index (κ3) is 5.77. The van der Waals surface area contributed by atoms with E-state index < -0.39 is 0 Å². The minimum absolute atomic E-state index is 0.0794. The number of aromatic nitrogens is 3. The van der Waals surface area contributed by atoms with Gasteiger partial charge in [-0.2, -0.15) is 0 Å². The molecular formula is C27H30N4O3S. The Hall–Kier alpha value is -3.52. The third-order valence-electron chi connectivity index (χ3n) is 5.97. The predicted molar refractivity (Wildman–Crippen MR) is 139 cm³/mol. The molecule has 0 saturated carbocycles. The van der Waals surface area contributed by atoms with Gasteiger partial charge in [-0.25, -0.2) is 0 Å². The molecule has 2 unspecified atom stereocenters. The van der Waals surface area contributed by atoms with Gasteiger partial charge < -0.3 is 14.5 Å². The van der Waals surface area contributed by atoms with Crippen molar-refractivity contribution < 1.29 is 13.9 Å². The summed E-state index contributed by atoms with van der Waals surface area (Å²) in [6, 6.07) is 19.4. The van der Waals surface area contributed by atoms with Crippen LogP contribution in [0.1, 0.15) is 44.4 Å². The van der Waals surface area contributed by atoms with Crippen molar-refractivity contribution in [2.24, 2.45) is 0 Å². The molecule has 0 bridgehead atoms. The van der Waals surface area contributed by atoms with Crippen LogP contribution in [-0.2, 0) is 11.3 Å². The summed E-state index contributed by atoms with van der Waals surface area (Å²) in [7, 11) is 1.64. The number of rotatable bonds is 10. The number of carbonyl (C=O) groups is 1. The first-order valence-corrected chi connectivity index (χ1v) is 12.5. The first-order chi connectivity index (χ1) is 17.0. The Morgan fingerprint density at radius 3 is 2.54 bits per heavy atom. The van der Waals surface area contributed by atoms with E-state index >= 15 is 0 Å². The summed E-state index contributed by atoms with van der Waals surface area (Å²) in [6.45, 7) is 6.65. The van der Waals surface area contributed by atoms with E-state index in [4.69, 9.17) is 9.15 Å². The smallest absolute Gasteiger partial charge is 0.237 e. The highest BCUT2D eigenvalue weighted by molar-refractivity contribution is 8.00. The number of anilines is 1. The lowest BCUT2D eigenvalue weighted by molar-refractivity contribution is -0.115. The lowest BCUT2D eigenvalue weighted by atomic mass is 9.97. The molecule has 1 amide bonds. The summed E-state index contributed by atoms with van der Waals surface area (Å²) in [4.78, 5) is 13.1. The average Bonchev–Trinajstić information content (AvgIpc) is 3.54. The van der Waals surface area contributed by atoms with E-state index in [0.29, 0.717) is 23.4 Å². The minimum atomic E-state index is -0.386. The number of hydrogen-bond donors (Lipinski definition) is 1. The summed E-state index contributed by atoms with van der Waals surface area (Å²) in [5, 5.41) is 12.2. The molecule has 4 rings (SSSR count). The van der Waals surface area contributed by atoms with E-state index in [1.54, 1.807) is 13.4 Å². The van der Waals surface area contributed by atoms with E-state index in [1.807, 2.05) is 66.1 Å². The van der Waals surface area contributed by atoms with Crippen molar-refractivity contribution in [3.05, 3.63) is 78.3 Å². The van der Waals surface area contributed by atoms with Crippen LogP contribution in [-0.4, -0.2) is 33.0 Å². The van der Waals surface area contributed by atoms with Crippen molar-refractivity contribution >= 4 is 23.4 Å². The molecule has 2 aromatic heterocycles. The van der Waals surface area contributed by atoms with Gasteiger partial charge in [0.1, 0.15) is 11.5 Å². The van der Waals surface area contributed by atoms with Gasteiger partial charge in [-0.15, -0.1) is 10.2 Å². The number of benzene rings is 2. The van der Waals surface area contributed by atoms with Gasteiger partial charge >= 0.3 is 0 Å². The number of carbonyl (C=O) groups excluding carboxylic acids is 1. The van der Waals surface area contributed by atoms with Crippen molar-refractivity contribution in [1.82, 2.24) is 14.8 Å². The molecule has 0 saturated heterocycles. The van der Waals surface area contributed by atoms with Crippen LogP contribution in [0.4, 0.5) is 5.69 Å². The number of methoxy groups -OCH3 is 1. The molecule has 2 aromatic carbocycles. The zero-order valence-corrected chi connectivity index (χ0v) is 21.2. The molecule has 35 heavy (non-hydrogen) atoms. The first kappa shape index (κ1) is 24.6. The van der Waals surface area contributed by atoms with Gasteiger partial charge in [0.2, 0.25) is 5.91 Å². The number of para-hydroxylation sites is 1. The lowest BCUT2D eigenvalue weighted by Crippen LogP contribution is -2.24. The maximum absolute atomic E-state index is 13.1. The normalized spacial score (nSPS) is 12.8. The summed E-state index contributed by atoms with van der Waals surface area (Å²) < 4.78 is 12.8. The maximum Gasteiger partial charge on any atom is 0.237 e. The molecule has 4 aromatic rings. The Kier molecular flexibility index (Phi) is 7.92. The lowest BCUT2D eigenvalue weighted by Gasteiger charge is -2.18. The van der Waals surface area contributed by atoms with E-state index in [2.05, 4.69) is 35.4 Å². The number of thioether (sulfide) groups is 1. The molecule has 0 aliphatic carbocycles. The molecule has 0 spiro atoms. The van der Waals surface area contributed by atoms with Crippen LogP contribution in [0.5, 0.6) is 5.75 Å². The quantitative estimate of drug-likeness (QED) is 0.266. The summed E-state index contributed by atoms with van der Waals surface area (Å²) >= 11 is 1.37. The van der Waals surface area contributed by atoms with Crippen molar-refractivity contribution in [3.63, 3.8) is 0 Å². The zero-order chi connectivity index (χ0) is 24.8. The van der Waals surface area contributed by atoms with Crippen LogP contribution in [0.3, 0.4) is 0 Å². The van der Waals surface area contributed by atoms with Crippen LogP contribution in [0.2, 0.25) is 0 Å². The molecule has 0 fully saturated rings. The van der Waals surface area contributed by atoms with Crippen LogP contribution < -0.4 is 10.1 Å². The molecule has 1 N–H and O–H groups in total. The number of nitrogens with zero attached hydrogens (tertiary/aromatic N) is 3. The van der Waals surface area contributed by atoms with Gasteiger partial charge in [0.25, 0.3) is 0 Å². The number of amides is 1. The fraction of sp³-hybridized carbons (Fsp3) is 0.296. The summed E-state index contributed by atoms with van der Waals surface area (Å²) in [5.74, 6) is 2.52. The first-order valence-electron chi connectivity index (χ1n) is 11.7. The van der Waals surface area contributed by atoms with Gasteiger partial charge in [0.15, 0.2) is 11.0 Å². The van der Waals surface area contributed by atoms with Gasteiger partial charge in [-0.05, 0) is 67.3 Å². The van der Waals surface area contributed by atoms with Crippen molar-refractivity contribution in [1.29, 1.82) is 0 Å². The van der Waals surface area contributed by atoms with Crippen LogP contribution >= 0.6 is 11.8 Å². The van der Waals surface area contributed by atoms with Crippen molar-refractivity contribution in [3.8, 4) is 17.1 Å².